The minimum atomic E-state index is 0.590. The highest BCUT2D eigenvalue weighted by molar-refractivity contribution is 9.10. The van der Waals surface area contributed by atoms with Gasteiger partial charge in [0.1, 0.15) is 18.6 Å². The van der Waals surface area contributed by atoms with Gasteiger partial charge in [-0.2, -0.15) is 0 Å². The van der Waals surface area contributed by atoms with Crippen LogP contribution in [0.4, 0.5) is 0 Å². The number of halogens is 1. The molecular weight excluding hydrogens is 398 g/mol. The normalized spacial score (nSPS) is 15.9. The fourth-order valence-corrected chi connectivity index (χ4v) is 3.13. The van der Waals surface area contributed by atoms with Crippen molar-refractivity contribution < 1.29 is 9.26 Å². The van der Waals surface area contributed by atoms with Gasteiger partial charge in [0, 0.05) is 50.3 Å². The second kappa shape index (κ2) is 9.59. The molecule has 1 aromatic carbocycles. The van der Waals surface area contributed by atoms with Crippen LogP contribution in [-0.4, -0.2) is 67.3 Å². The number of guanidine groups is 1. The van der Waals surface area contributed by atoms with E-state index >= 15 is 0 Å². The van der Waals surface area contributed by atoms with Crippen LogP contribution in [0.3, 0.4) is 0 Å². The number of hydrogen-bond acceptors (Lipinski definition) is 5. The molecule has 0 radical (unpaired) electrons. The molecule has 1 aromatic heterocycles. The van der Waals surface area contributed by atoms with E-state index in [4.69, 9.17) is 9.26 Å². The van der Waals surface area contributed by atoms with E-state index in [0.717, 1.165) is 54.6 Å². The van der Waals surface area contributed by atoms with Gasteiger partial charge in [0.05, 0.1) is 12.2 Å². The monoisotopic (exact) mass is 421 g/mol. The standard InChI is InChI=1S/C18H24BrN5O2/c1-20-18(21-7-13-25-17-4-2-15(19)3-5-17)24-10-8-23(9-11-24)14-16-6-12-26-22-16/h2-6,12H,7-11,13-14H2,1H3,(H,20,21). The van der Waals surface area contributed by atoms with E-state index in [1.54, 1.807) is 6.26 Å². The van der Waals surface area contributed by atoms with Crippen molar-refractivity contribution in [1.29, 1.82) is 0 Å². The van der Waals surface area contributed by atoms with Crippen LogP contribution in [0.1, 0.15) is 5.69 Å². The molecule has 7 nitrogen and oxygen atoms in total. The smallest absolute Gasteiger partial charge is 0.193 e. The van der Waals surface area contributed by atoms with Gasteiger partial charge in [-0.05, 0) is 24.3 Å². The first-order valence-corrected chi connectivity index (χ1v) is 9.49. The molecule has 8 heteroatoms. The Balaban J connectivity index is 1.37. The highest BCUT2D eigenvalue weighted by Gasteiger charge is 2.20. The summed E-state index contributed by atoms with van der Waals surface area (Å²) < 4.78 is 11.7. The van der Waals surface area contributed by atoms with Gasteiger partial charge >= 0.3 is 0 Å². The van der Waals surface area contributed by atoms with E-state index in [1.165, 1.54) is 0 Å². The molecule has 0 saturated carbocycles. The number of nitrogens with zero attached hydrogens (tertiary/aromatic N) is 4. The lowest BCUT2D eigenvalue weighted by molar-refractivity contribution is 0.168. The topological polar surface area (TPSA) is 66.1 Å². The van der Waals surface area contributed by atoms with Crippen molar-refractivity contribution in [2.45, 2.75) is 6.54 Å². The zero-order valence-corrected chi connectivity index (χ0v) is 16.5. The largest absolute Gasteiger partial charge is 0.492 e. The number of aliphatic imine (C=N–C) groups is 1. The lowest BCUT2D eigenvalue weighted by Crippen LogP contribution is -2.52. The highest BCUT2D eigenvalue weighted by atomic mass is 79.9. The zero-order chi connectivity index (χ0) is 18.2. The summed E-state index contributed by atoms with van der Waals surface area (Å²) >= 11 is 3.42. The third kappa shape index (κ3) is 5.47. The summed E-state index contributed by atoms with van der Waals surface area (Å²) in [6.45, 7) is 5.95. The van der Waals surface area contributed by atoms with Crippen LogP contribution in [0.2, 0.25) is 0 Å². The molecule has 1 N–H and O–H groups in total. The summed E-state index contributed by atoms with van der Waals surface area (Å²) in [5.74, 6) is 1.79. The Labute approximate surface area is 162 Å². The fourth-order valence-electron chi connectivity index (χ4n) is 2.86. The molecule has 1 aliphatic heterocycles. The van der Waals surface area contributed by atoms with Crippen LogP contribution in [0.5, 0.6) is 5.75 Å². The van der Waals surface area contributed by atoms with Crippen molar-refractivity contribution in [2.75, 3.05) is 46.4 Å². The number of benzene rings is 1. The number of rotatable bonds is 6. The van der Waals surface area contributed by atoms with Gasteiger partial charge in [-0.1, -0.05) is 21.1 Å². The van der Waals surface area contributed by atoms with E-state index in [-0.39, 0.29) is 0 Å². The quantitative estimate of drug-likeness (QED) is 0.438. The Kier molecular flexibility index (Phi) is 6.90. The number of hydrogen-bond donors (Lipinski definition) is 1. The summed E-state index contributed by atoms with van der Waals surface area (Å²) in [7, 11) is 1.82. The fraction of sp³-hybridized carbons (Fsp3) is 0.444. The Bertz CT molecular complexity index is 682. The Morgan fingerprint density at radius 1 is 1.23 bits per heavy atom. The summed E-state index contributed by atoms with van der Waals surface area (Å²) in [4.78, 5) is 9.04. The van der Waals surface area contributed by atoms with Crippen LogP contribution >= 0.6 is 15.9 Å². The molecule has 0 aliphatic carbocycles. The molecule has 0 unspecified atom stereocenters. The van der Waals surface area contributed by atoms with Crippen molar-refractivity contribution in [3.8, 4) is 5.75 Å². The average Bonchev–Trinajstić information content (AvgIpc) is 3.17. The minimum Gasteiger partial charge on any atom is -0.492 e. The van der Waals surface area contributed by atoms with Crippen LogP contribution < -0.4 is 10.1 Å². The van der Waals surface area contributed by atoms with Crippen LogP contribution in [-0.2, 0) is 6.54 Å². The molecular formula is C18H24BrN5O2. The van der Waals surface area contributed by atoms with Gasteiger partial charge < -0.3 is 19.5 Å². The van der Waals surface area contributed by atoms with E-state index in [2.05, 4.69) is 41.2 Å². The summed E-state index contributed by atoms with van der Waals surface area (Å²) in [6.07, 6.45) is 1.62. The second-order valence-electron chi connectivity index (χ2n) is 6.03. The second-order valence-corrected chi connectivity index (χ2v) is 6.95. The van der Waals surface area contributed by atoms with E-state index in [1.807, 2.05) is 37.4 Å². The molecule has 2 aromatic rings. The predicted molar refractivity (Wildman–Crippen MR) is 104 cm³/mol. The van der Waals surface area contributed by atoms with Gasteiger partial charge in [0.2, 0.25) is 0 Å². The Hall–Kier alpha value is -2.06. The zero-order valence-electron chi connectivity index (χ0n) is 14.9. The first-order chi connectivity index (χ1) is 12.7. The van der Waals surface area contributed by atoms with Gasteiger partial charge in [-0.25, -0.2) is 0 Å². The van der Waals surface area contributed by atoms with Crippen LogP contribution in [0, 0.1) is 0 Å². The Morgan fingerprint density at radius 3 is 2.65 bits per heavy atom. The van der Waals surface area contributed by atoms with Gasteiger partial charge in [-0.3, -0.25) is 9.89 Å². The molecule has 140 valence electrons. The van der Waals surface area contributed by atoms with E-state index < -0.39 is 0 Å². The number of nitrogens with one attached hydrogen (secondary N) is 1. The molecule has 3 rings (SSSR count). The molecule has 0 amide bonds. The SMILES string of the molecule is CN=C(NCCOc1ccc(Br)cc1)N1CCN(Cc2ccon2)CC1. The highest BCUT2D eigenvalue weighted by Crippen LogP contribution is 2.15. The van der Waals surface area contributed by atoms with Gasteiger partial charge in [0.15, 0.2) is 5.96 Å². The number of piperazine rings is 1. The molecule has 1 fully saturated rings. The van der Waals surface area contributed by atoms with Crippen molar-refractivity contribution in [3.05, 3.63) is 46.8 Å². The van der Waals surface area contributed by atoms with Crippen molar-refractivity contribution >= 4 is 21.9 Å². The maximum atomic E-state index is 5.74. The van der Waals surface area contributed by atoms with Crippen molar-refractivity contribution in [2.24, 2.45) is 4.99 Å². The molecule has 0 atom stereocenters. The summed E-state index contributed by atoms with van der Waals surface area (Å²) in [5, 5.41) is 7.35. The molecule has 1 aliphatic rings. The molecule has 0 bridgehead atoms. The Morgan fingerprint density at radius 2 is 2.00 bits per heavy atom. The first-order valence-electron chi connectivity index (χ1n) is 8.70. The first kappa shape index (κ1) is 18.7. The number of ether oxygens (including phenoxy) is 1. The summed E-state index contributed by atoms with van der Waals surface area (Å²) in [6, 6.07) is 9.76. The minimum absolute atomic E-state index is 0.590. The van der Waals surface area contributed by atoms with Crippen molar-refractivity contribution in [1.82, 2.24) is 20.3 Å². The average molecular weight is 422 g/mol. The molecule has 0 spiro atoms. The summed E-state index contributed by atoms with van der Waals surface area (Å²) in [5.41, 5.74) is 0.978. The molecule has 2 heterocycles. The lowest BCUT2D eigenvalue weighted by atomic mass is 10.3. The third-order valence-corrected chi connectivity index (χ3v) is 4.76. The molecule has 1 saturated heterocycles. The van der Waals surface area contributed by atoms with Crippen LogP contribution in [0.25, 0.3) is 0 Å². The van der Waals surface area contributed by atoms with E-state index in [0.29, 0.717) is 13.2 Å². The van der Waals surface area contributed by atoms with Crippen LogP contribution in [0.15, 0.2) is 50.6 Å². The lowest BCUT2D eigenvalue weighted by Gasteiger charge is -2.36. The maximum absolute atomic E-state index is 5.74. The third-order valence-electron chi connectivity index (χ3n) is 4.23. The van der Waals surface area contributed by atoms with E-state index in [9.17, 15) is 0 Å². The van der Waals surface area contributed by atoms with Gasteiger partial charge in [-0.15, -0.1) is 0 Å². The molecule has 26 heavy (non-hydrogen) atoms. The van der Waals surface area contributed by atoms with Crippen molar-refractivity contribution in [3.63, 3.8) is 0 Å². The van der Waals surface area contributed by atoms with Gasteiger partial charge in [0.25, 0.3) is 0 Å². The number of aromatic nitrogens is 1. The maximum Gasteiger partial charge on any atom is 0.193 e. The predicted octanol–water partition coefficient (Wildman–Crippen LogP) is 2.21.